The van der Waals surface area contributed by atoms with Crippen molar-refractivity contribution < 1.29 is 4.79 Å². The molecule has 0 radical (unpaired) electrons. The van der Waals surface area contributed by atoms with Gasteiger partial charge in [0.15, 0.2) is 0 Å². The highest BCUT2D eigenvalue weighted by atomic mass is 16.1. The summed E-state index contributed by atoms with van der Waals surface area (Å²) in [5.41, 5.74) is 7.17. The Morgan fingerprint density at radius 2 is 1.49 bits per heavy atom. The molecule has 194 valence electrons. The van der Waals surface area contributed by atoms with Crippen molar-refractivity contribution in [1.29, 1.82) is 0 Å². The monoisotopic (exact) mass is 513 g/mol. The number of nitrogens with zero attached hydrogens (tertiary/aromatic N) is 4. The van der Waals surface area contributed by atoms with Gasteiger partial charge in [0.1, 0.15) is 5.65 Å². The van der Waals surface area contributed by atoms with Gasteiger partial charge in [-0.15, -0.1) is 0 Å². The van der Waals surface area contributed by atoms with Crippen LogP contribution in [0.4, 0.5) is 11.4 Å². The number of carbonyl (C=O) groups is 1. The van der Waals surface area contributed by atoms with Crippen molar-refractivity contribution >= 4 is 29.0 Å². The molecule has 0 aliphatic carbocycles. The minimum atomic E-state index is -0.158. The van der Waals surface area contributed by atoms with E-state index < -0.39 is 0 Å². The summed E-state index contributed by atoms with van der Waals surface area (Å²) >= 11 is 0. The zero-order chi connectivity index (χ0) is 26.4. The molecule has 0 atom stereocenters. The van der Waals surface area contributed by atoms with E-state index in [9.17, 15) is 4.79 Å². The van der Waals surface area contributed by atoms with Gasteiger partial charge in [0.05, 0.1) is 11.4 Å². The number of para-hydroxylation sites is 1. The summed E-state index contributed by atoms with van der Waals surface area (Å²) in [6.07, 6.45) is 5.46. The topological polar surface area (TPSA) is 52.9 Å². The summed E-state index contributed by atoms with van der Waals surface area (Å²) in [4.78, 5) is 22.4. The maximum absolute atomic E-state index is 12.4. The lowest BCUT2D eigenvalue weighted by Gasteiger charge is -2.36. The van der Waals surface area contributed by atoms with Gasteiger partial charge in [-0.25, -0.2) is 4.98 Å². The van der Waals surface area contributed by atoms with Crippen molar-refractivity contribution in [3.05, 3.63) is 127 Å². The van der Waals surface area contributed by atoms with Gasteiger partial charge in [0.2, 0.25) is 5.91 Å². The molecule has 3 heterocycles. The highest BCUT2D eigenvalue weighted by molar-refractivity contribution is 6.02. The van der Waals surface area contributed by atoms with Gasteiger partial charge >= 0.3 is 0 Å². The molecule has 2 aromatic heterocycles. The first-order valence-corrected chi connectivity index (χ1v) is 13.4. The number of hydrogen-bond donors (Lipinski definition) is 1. The van der Waals surface area contributed by atoms with Crippen molar-refractivity contribution in [3.8, 4) is 11.3 Å². The summed E-state index contributed by atoms with van der Waals surface area (Å²) < 4.78 is 2.20. The second-order valence-corrected chi connectivity index (χ2v) is 9.75. The normalized spacial score (nSPS) is 14.2. The number of hydrogen-bond acceptors (Lipinski definition) is 4. The summed E-state index contributed by atoms with van der Waals surface area (Å²) in [5, 5.41) is 2.95. The lowest BCUT2D eigenvalue weighted by atomic mass is 10.1. The third-order valence-corrected chi connectivity index (χ3v) is 7.15. The summed E-state index contributed by atoms with van der Waals surface area (Å²) in [7, 11) is 0. The number of nitrogens with one attached hydrogen (secondary N) is 1. The number of imidazole rings is 1. The molecular formula is C33H31N5O. The van der Waals surface area contributed by atoms with E-state index in [2.05, 4.69) is 62.1 Å². The Morgan fingerprint density at radius 3 is 2.23 bits per heavy atom. The molecule has 5 aromatic rings. The molecule has 6 nitrogen and oxygen atoms in total. The first kappa shape index (κ1) is 24.6. The van der Waals surface area contributed by atoms with Gasteiger partial charge in [0.25, 0.3) is 0 Å². The van der Waals surface area contributed by atoms with Gasteiger partial charge in [-0.3, -0.25) is 9.69 Å². The maximum Gasteiger partial charge on any atom is 0.248 e. The third-order valence-electron chi connectivity index (χ3n) is 7.15. The van der Waals surface area contributed by atoms with Crippen LogP contribution in [0.1, 0.15) is 11.3 Å². The van der Waals surface area contributed by atoms with Crippen LogP contribution in [-0.4, -0.2) is 46.4 Å². The predicted molar refractivity (Wildman–Crippen MR) is 159 cm³/mol. The number of amides is 1. The van der Waals surface area contributed by atoms with Gasteiger partial charge in [0, 0.05) is 61.9 Å². The van der Waals surface area contributed by atoms with Crippen LogP contribution in [0.5, 0.6) is 0 Å². The van der Waals surface area contributed by atoms with E-state index >= 15 is 0 Å². The van der Waals surface area contributed by atoms with Crippen LogP contribution in [0.3, 0.4) is 0 Å². The zero-order valence-electron chi connectivity index (χ0n) is 21.8. The van der Waals surface area contributed by atoms with Crippen LogP contribution in [0.25, 0.3) is 23.0 Å². The van der Waals surface area contributed by atoms with Crippen LogP contribution < -0.4 is 10.2 Å². The van der Waals surface area contributed by atoms with Gasteiger partial charge in [-0.2, -0.15) is 0 Å². The minimum absolute atomic E-state index is 0.158. The van der Waals surface area contributed by atoms with Crippen molar-refractivity contribution in [2.75, 3.05) is 36.4 Å². The molecule has 1 aliphatic heterocycles. The van der Waals surface area contributed by atoms with Crippen LogP contribution >= 0.6 is 0 Å². The Bertz CT molecular complexity index is 1570. The number of piperazine rings is 1. The number of fused-ring (bicyclic) bond motifs is 1. The lowest BCUT2D eigenvalue weighted by Crippen LogP contribution is -2.46. The molecule has 39 heavy (non-hydrogen) atoms. The van der Waals surface area contributed by atoms with Crippen molar-refractivity contribution in [3.63, 3.8) is 0 Å². The molecule has 6 heteroatoms. The van der Waals surface area contributed by atoms with Crippen LogP contribution in [0.15, 0.2) is 115 Å². The summed E-state index contributed by atoms with van der Waals surface area (Å²) in [6.45, 7) is 4.82. The van der Waals surface area contributed by atoms with Gasteiger partial charge in [-0.05, 0) is 48.0 Å². The average molecular weight is 514 g/mol. The van der Waals surface area contributed by atoms with E-state index in [0.29, 0.717) is 0 Å². The molecular weight excluding hydrogens is 482 g/mol. The van der Waals surface area contributed by atoms with Crippen LogP contribution in [0.2, 0.25) is 0 Å². The van der Waals surface area contributed by atoms with E-state index in [1.54, 1.807) is 6.08 Å². The zero-order valence-corrected chi connectivity index (χ0v) is 21.8. The summed E-state index contributed by atoms with van der Waals surface area (Å²) in [5.74, 6) is -0.158. The highest BCUT2D eigenvalue weighted by Gasteiger charge is 2.21. The summed E-state index contributed by atoms with van der Waals surface area (Å²) in [6, 6.07) is 34.5. The number of pyridine rings is 1. The number of aromatic nitrogens is 2. The molecule has 1 fully saturated rings. The SMILES string of the molecule is O=C(/C=C/c1ccccc1)Nc1ccc(-c2nc3ccccn3c2CN2CCN(c3ccccc3)CC2)cc1. The Morgan fingerprint density at radius 1 is 0.795 bits per heavy atom. The Hall–Kier alpha value is -4.68. The molecule has 6 rings (SSSR count). The molecule has 0 bridgehead atoms. The van der Waals surface area contributed by atoms with Crippen LogP contribution in [-0.2, 0) is 11.3 Å². The van der Waals surface area contributed by atoms with Gasteiger partial charge in [-0.1, -0.05) is 66.7 Å². The predicted octanol–water partition coefficient (Wildman–Crippen LogP) is 5.98. The molecule has 0 unspecified atom stereocenters. The molecule has 3 aromatic carbocycles. The second-order valence-electron chi connectivity index (χ2n) is 9.75. The first-order chi connectivity index (χ1) is 19.2. The number of carbonyl (C=O) groups excluding carboxylic acids is 1. The quantitative estimate of drug-likeness (QED) is 0.272. The molecule has 1 aliphatic rings. The van der Waals surface area contributed by atoms with E-state index in [-0.39, 0.29) is 5.91 Å². The van der Waals surface area contributed by atoms with Crippen molar-refractivity contribution in [2.45, 2.75) is 6.54 Å². The van der Waals surface area contributed by atoms with E-state index in [1.807, 2.05) is 72.8 Å². The van der Waals surface area contributed by atoms with E-state index in [1.165, 1.54) is 11.4 Å². The largest absolute Gasteiger partial charge is 0.369 e. The number of rotatable bonds is 7. The fourth-order valence-electron chi connectivity index (χ4n) is 5.08. The molecule has 1 N–H and O–H groups in total. The van der Waals surface area contributed by atoms with Crippen molar-refractivity contribution in [2.24, 2.45) is 0 Å². The molecule has 1 saturated heterocycles. The Balaban J connectivity index is 1.17. The van der Waals surface area contributed by atoms with Crippen molar-refractivity contribution in [1.82, 2.24) is 14.3 Å². The Kier molecular flexibility index (Phi) is 7.19. The highest BCUT2D eigenvalue weighted by Crippen LogP contribution is 2.28. The maximum atomic E-state index is 12.4. The standard InChI is InChI=1S/C33H31N5O/c39-32(19-14-26-9-3-1-4-10-26)34-28-17-15-27(16-18-28)33-30(38-20-8-7-13-31(38)35-33)25-36-21-23-37(24-22-36)29-11-5-2-6-12-29/h1-20H,21-25H2,(H,34,39)/b19-14+. The van der Waals surface area contributed by atoms with Gasteiger partial charge < -0.3 is 14.6 Å². The third kappa shape index (κ3) is 5.76. The fourth-order valence-corrected chi connectivity index (χ4v) is 5.08. The first-order valence-electron chi connectivity index (χ1n) is 13.4. The lowest BCUT2D eigenvalue weighted by molar-refractivity contribution is -0.111. The number of anilines is 2. The smallest absolute Gasteiger partial charge is 0.248 e. The average Bonchev–Trinajstić information content (AvgIpc) is 3.36. The second kappa shape index (κ2) is 11.4. The van der Waals surface area contributed by atoms with E-state index in [4.69, 9.17) is 4.98 Å². The molecule has 0 spiro atoms. The number of benzene rings is 3. The Labute approximate surface area is 228 Å². The molecule has 1 amide bonds. The van der Waals surface area contributed by atoms with Crippen LogP contribution in [0, 0.1) is 0 Å². The minimum Gasteiger partial charge on any atom is -0.369 e. The fraction of sp³-hybridized carbons (Fsp3) is 0.152. The van der Waals surface area contributed by atoms with E-state index in [0.717, 1.165) is 60.9 Å². The molecule has 0 saturated carbocycles.